The summed E-state index contributed by atoms with van der Waals surface area (Å²) in [5.74, 6) is 0. The maximum absolute atomic E-state index is 12.2. The minimum Gasteiger partial charge on any atom is -0.335 e. The van der Waals surface area contributed by atoms with Crippen molar-refractivity contribution in [2.75, 3.05) is 20.1 Å². The van der Waals surface area contributed by atoms with E-state index in [1.807, 2.05) is 7.05 Å². The zero-order chi connectivity index (χ0) is 11.6. The number of aromatic amines is 1. The highest BCUT2D eigenvalue weighted by Crippen LogP contribution is 2.24. The third kappa shape index (κ3) is 1.98. The van der Waals surface area contributed by atoms with E-state index in [0.717, 1.165) is 12.8 Å². The first kappa shape index (κ1) is 11.6. The van der Waals surface area contributed by atoms with Crippen molar-refractivity contribution in [1.29, 1.82) is 0 Å². The number of H-pyrrole nitrogens is 1. The van der Waals surface area contributed by atoms with E-state index in [1.165, 1.54) is 12.5 Å². The van der Waals surface area contributed by atoms with Crippen LogP contribution in [0.15, 0.2) is 17.6 Å². The molecule has 1 unspecified atom stereocenters. The minimum atomic E-state index is -3.39. The maximum Gasteiger partial charge on any atom is 0.260 e. The fourth-order valence-corrected chi connectivity index (χ4v) is 3.67. The Hall–Kier alpha value is -0.920. The number of hydrogen-bond donors (Lipinski definition) is 2. The molecule has 1 aromatic rings. The van der Waals surface area contributed by atoms with Crippen molar-refractivity contribution in [2.45, 2.75) is 23.9 Å². The van der Waals surface area contributed by atoms with Crippen molar-refractivity contribution in [3.8, 4) is 0 Å². The number of sulfonamides is 1. The molecule has 6 nitrogen and oxygen atoms in total. The van der Waals surface area contributed by atoms with Crippen LogP contribution in [0.5, 0.6) is 0 Å². The molecule has 1 aliphatic rings. The molecule has 1 aliphatic heterocycles. The molecule has 2 rings (SSSR count). The fourth-order valence-electron chi connectivity index (χ4n) is 2.08. The van der Waals surface area contributed by atoms with Crippen LogP contribution in [0.2, 0.25) is 0 Å². The summed E-state index contributed by atoms with van der Waals surface area (Å²) in [6.45, 7) is 1.28. The van der Waals surface area contributed by atoms with E-state index < -0.39 is 10.0 Å². The highest BCUT2D eigenvalue weighted by Gasteiger charge is 2.35. The van der Waals surface area contributed by atoms with Crippen LogP contribution in [0, 0.1) is 0 Å². The standard InChI is InChI=1S/C9H16N4O2S/c1-10-5-8-3-2-4-13(8)16(14,15)9-6-11-7-12-9/h6-8,10H,2-5H2,1H3,(H,11,12). The Morgan fingerprint density at radius 2 is 2.50 bits per heavy atom. The van der Waals surface area contributed by atoms with Gasteiger partial charge in [-0.05, 0) is 19.9 Å². The number of rotatable bonds is 4. The second-order valence-electron chi connectivity index (χ2n) is 3.89. The van der Waals surface area contributed by atoms with E-state index >= 15 is 0 Å². The second kappa shape index (κ2) is 4.52. The zero-order valence-corrected chi connectivity index (χ0v) is 10.00. The molecule has 0 spiro atoms. The van der Waals surface area contributed by atoms with Crippen LogP contribution >= 0.6 is 0 Å². The molecule has 0 aliphatic carbocycles. The largest absolute Gasteiger partial charge is 0.335 e. The summed E-state index contributed by atoms with van der Waals surface area (Å²) in [5.41, 5.74) is 0. The molecule has 1 fully saturated rings. The smallest absolute Gasteiger partial charge is 0.260 e. The van der Waals surface area contributed by atoms with Crippen LogP contribution in [-0.4, -0.2) is 48.9 Å². The molecule has 1 atom stereocenters. The lowest BCUT2D eigenvalue weighted by Gasteiger charge is -2.22. The lowest BCUT2D eigenvalue weighted by Crippen LogP contribution is -2.40. The third-order valence-corrected chi connectivity index (χ3v) is 4.70. The highest BCUT2D eigenvalue weighted by atomic mass is 32.2. The second-order valence-corrected chi connectivity index (χ2v) is 5.74. The summed E-state index contributed by atoms with van der Waals surface area (Å²) in [6, 6.07) is 0.0540. The van der Waals surface area contributed by atoms with Gasteiger partial charge in [-0.15, -0.1) is 0 Å². The van der Waals surface area contributed by atoms with Crippen LogP contribution in [0.25, 0.3) is 0 Å². The van der Waals surface area contributed by atoms with Gasteiger partial charge in [-0.1, -0.05) is 0 Å². The zero-order valence-electron chi connectivity index (χ0n) is 9.18. The minimum absolute atomic E-state index is 0.0540. The highest BCUT2D eigenvalue weighted by molar-refractivity contribution is 7.89. The van der Waals surface area contributed by atoms with Gasteiger partial charge in [-0.2, -0.15) is 4.31 Å². The van der Waals surface area contributed by atoms with Crippen molar-refractivity contribution >= 4 is 10.0 Å². The Bertz CT molecular complexity index is 428. The SMILES string of the molecule is CNCC1CCCN1S(=O)(=O)c1cnc[nH]1. The van der Waals surface area contributed by atoms with Gasteiger partial charge < -0.3 is 10.3 Å². The first-order valence-electron chi connectivity index (χ1n) is 5.31. The van der Waals surface area contributed by atoms with Crippen molar-refractivity contribution in [3.63, 3.8) is 0 Å². The topological polar surface area (TPSA) is 78.1 Å². The summed E-state index contributed by atoms with van der Waals surface area (Å²) in [4.78, 5) is 6.41. The number of hydrogen-bond acceptors (Lipinski definition) is 4. The van der Waals surface area contributed by atoms with Crippen molar-refractivity contribution in [1.82, 2.24) is 19.6 Å². The lowest BCUT2D eigenvalue weighted by atomic mass is 10.2. The Morgan fingerprint density at radius 1 is 1.69 bits per heavy atom. The molecule has 0 amide bonds. The first-order chi connectivity index (χ1) is 7.66. The van der Waals surface area contributed by atoms with Crippen LogP contribution in [0.4, 0.5) is 0 Å². The molecule has 90 valence electrons. The van der Waals surface area contributed by atoms with Crippen LogP contribution in [0.1, 0.15) is 12.8 Å². The summed E-state index contributed by atoms with van der Waals surface area (Å²) >= 11 is 0. The van der Waals surface area contributed by atoms with Crippen molar-refractivity contribution in [3.05, 3.63) is 12.5 Å². The molecular weight excluding hydrogens is 228 g/mol. The van der Waals surface area contributed by atoms with Gasteiger partial charge in [0.25, 0.3) is 10.0 Å². The number of likely N-dealkylation sites (N-methyl/N-ethyl adjacent to an activating group) is 1. The Labute approximate surface area is 95.1 Å². The van der Waals surface area contributed by atoms with Gasteiger partial charge in [-0.3, -0.25) is 0 Å². The summed E-state index contributed by atoms with van der Waals surface area (Å²) < 4.78 is 26.0. The van der Waals surface area contributed by atoms with Crippen LogP contribution in [0.3, 0.4) is 0 Å². The van der Waals surface area contributed by atoms with Gasteiger partial charge in [-0.25, -0.2) is 13.4 Å². The average Bonchev–Trinajstić information content (AvgIpc) is 2.88. The molecule has 2 N–H and O–H groups in total. The Morgan fingerprint density at radius 3 is 3.12 bits per heavy atom. The average molecular weight is 244 g/mol. The van der Waals surface area contributed by atoms with Gasteiger partial charge in [0.2, 0.25) is 0 Å². The van der Waals surface area contributed by atoms with Gasteiger partial charge in [0.05, 0.1) is 12.5 Å². The number of aromatic nitrogens is 2. The number of imidazole rings is 1. The Kier molecular flexibility index (Phi) is 3.27. The molecule has 0 bridgehead atoms. The Balaban J connectivity index is 2.24. The van der Waals surface area contributed by atoms with E-state index in [1.54, 1.807) is 4.31 Å². The van der Waals surface area contributed by atoms with E-state index in [4.69, 9.17) is 0 Å². The van der Waals surface area contributed by atoms with E-state index in [0.29, 0.717) is 13.1 Å². The fraction of sp³-hybridized carbons (Fsp3) is 0.667. The normalized spacial score (nSPS) is 22.7. The van der Waals surface area contributed by atoms with Gasteiger partial charge in [0.1, 0.15) is 0 Å². The van der Waals surface area contributed by atoms with Gasteiger partial charge in [0, 0.05) is 19.1 Å². The first-order valence-corrected chi connectivity index (χ1v) is 6.75. The molecule has 16 heavy (non-hydrogen) atoms. The molecule has 0 radical (unpaired) electrons. The molecule has 2 heterocycles. The summed E-state index contributed by atoms with van der Waals surface area (Å²) in [6.07, 6.45) is 4.56. The molecule has 0 aromatic carbocycles. The maximum atomic E-state index is 12.2. The molecule has 7 heteroatoms. The molecule has 0 saturated carbocycles. The van der Waals surface area contributed by atoms with E-state index in [9.17, 15) is 8.42 Å². The summed E-state index contributed by atoms with van der Waals surface area (Å²) in [5, 5.41) is 3.20. The summed E-state index contributed by atoms with van der Waals surface area (Å²) in [7, 11) is -1.56. The van der Waals surface area contributed by atoms with Crippen LogP contribution < -0.4 is 5.32 Å². The number of nitrogens with one attached hydrogen (secondary N) is 2. The number of nitrogens with zero attached hydrogens (tertiary/aromatic N) is 2. The van der Waals surface area contributed by atoms with Crippen LogP contribution in [-0.2, 0) is 10.0 Å². The monoisotopic (exact) mass is 244 g/mol. The van der Waals surface area contributed by atoms with Gasteiger partial charge >= 0.3 is 0 Å². The van der Waals surface area contributed by atoms with Crippen molar-refractivity contribution < 1.29 is 8.42 Å². The van der Waals surface area contributed by atoms with Gasteiger partial charge in [0.15, 0.2) is 5.03 Å². The molecule has 1 saturated heterocycles. The third-order valence-electron chi connectivity index (χ3n) is 2.82. The lowest BCUT2D eigenvalue weighted by molar-refractivity contribution is 0.378. The predicted molar refractivity (Wildman–Crippen MR) is 59.4 cm³/mol. The quantitative estimate of drug-likeness (QED) is 0.767. The molecular formula is C9H16N4O2S. The van der Waals surface area contributed by atoms with Crippen molar-refractivity contribution in [2.24, 2.45) is 0 Å². The molecule has 1 aromatic heterocycles. The predicted octanol–water partition coefficient (Wildman–Crippen LogP) is -0.218. The van der Waals surface area contributed by atoms with E-state index in [2.05, 4.69) is 15.3 Å². The van der Waals surface area contributed by atoms with E-state index in [-0.39, 0.29) is 11.1 Å².